The highest BCUT2D eigenvalue weighted by Crippen LogP contribution is 2.22. The van der Waals surface area contributed by atoms with E-state index in [2.05, 4.69) is 5.32 Å². The van der Waals surface area contributed by atoms with E-state index in [0.29, 0.717) is 17.8 Å². The van der Waals surface area contributed by atoms with Gasteiger partial charge in [0.25, 0.3) is 5.91 Å². The average molecular weight is 258 g/mol. The number of carbonyl (C=O) groups excluding carboxylic acids is 1. The molecule has 19 heavy (non-hydrogen) atoms. The molecule has 2 aromatic rings. The topological polar surface area (TPSA) is 68.3 Å². The van der Waals surface area contributed by atoms with Crippen LogP contribution in [0.15, 0.2) is 47.1 Å². The van der Waals surface area contributed by atoms with E-state index in [4.69, 9.17) is 10.2 Å². The first kappa shape index (κ1) is 13.2. The van der Waals surface area contributed by atoms with Crippen LogP contribution in [-0.2, 0) is 5.41 Å². The first-order valence-corrected chi connectivity index (χ1v) is 6.17. The third-order valence-electron chi connectivity index (χ3n) is 3.03. The van der Waals surface area contributed by atoms with E-state index in [0.717, 1.165) is 5.76 Å². The highest BCUT2D eigenvalue weighted by molar-refractivity contribution is 5.95. The second kappa shape index (κ2) is 5.18. The number of carbonyl (C=O) groups is 1. The fourth-order valence-corrected chi connectivity index (χ4v) is 1.83. The summed E-state index contributed by atoms with van der Waals surface area (Å²) >= 11 is 0. The maximum Gasteiger partial charge on any atom is 0.251 e. The minimum Gasteiger partial charge on any atom is -0.469 e. The Morgan fingerprint density at radius 3 is 2.74 bits per heavy atom. The zero-order chi connectivity index (χ0) is 13.9. The fourth-order valence-electron chi connectivity index (χ4n) is 1.83. The van der Waals surface area contributed by atoms with Crippen LogP contribution in [0.4, 0.5) is 5.69 Å². The van der Waals surface area contributed by atoms with E-state index >= 15 is 0 Å². The van der Waals surface area contributed by atoms with Gasteiger partial charge in [-0.1, -0.05) is 19.9 Å². The molecule has 0 aliphatic heterocycles. The molecule has 2 rings (SSSR count). The van der Waals surface area contributed by atoms with E-state index in [1.54, 1.807) is 30.5 Å². The van der Waals surface area contributed by atoms with Gasteiger partial charge in [-0.05, 0) is 30.3 Å². The number of benzene rings is 1. The largest absolute Gasteiger partial charge is 0.469 e. The molecule has 0 aliphatic rings. The molecule has 0 aliphatic carbocycles. The quantitative estimate of drug-likeness (QED) is 0.828. The van der Waals surface area contributed by atoms with E-state index in [1.807, 2.05) is 26.0 Å². The van der Waals surface area contributed by atoms with Crippen molar-refractivity contribution in [2.75, 3.05) is 12.3 Å². The van der Waals surface area contributed by atoms with Crippen LogP contribution in [0.3, 0.4) is 0 Å². The van der Waals surface area contributed by atoms with E-state index in [1.165, 1.54) is 0 Å². The second-order valence-electron chi connectivity index (χ2n) is 5.17. The van der Waals surface area contributed by atoms with Crippen LogP contribution in [0.5, 0.6) is 0 Å². The lowest BCUT2D eigenvalue weighted by molar-refractivity contribution is 0.0944. The Kier molecular flexibility index (Phi) is 3.60. The molecular formula is C15H18N2O2. The van der Waals surface area contributed by atoms with Gasteiger partial charge >= 0.3 is 0 Å². The summed E-state index contributed by atoms with van der Waals surface area (Å²) < 4.78 is 5.38. The van der Waals surface area contributed by atoms with Crippen molar-refractivity contribution in [3.05, 3.63) is 54.0 Å². The van der Waals surface area contributed by atoms with E-state index in [-0.39, 0.29) is 11.3 Å². The zero-order valence-corrected chi connectivity index (χ0v) is 11.1. The lowest BCUT2D eigenvalue weighted by Crippen LogP contribution is -2.36. The number of anilines is 1. The lowest BCUT2D eigenvalue weighted by Gasteiger charge is -2.22. The van der Waals surface area contributed by atoms with Gasteiger partial charge < -0.3 is 15.5 Å². The van der Waals surface area contributed by atoms with Crippen molar-refractivity contribution < 1.29 is 9.21 Å². The molecule has 1 amide bonds. The minimum absolute atomic E-state index is 0.132. The molecular weight excluding hydrogens is 240 g/mol. The summed E-state index contributed by atoms with van der Waals surface area (Å²) in [5.41, 5.74) is 6.56. The van der Waals surface area contributed by atoms with Crippen molar-refractivity contribution in [2.45, 2.75) is 19.3 Å². The molecule has 0 saturated heterocycles. The predicted molar refractivity (Wildman–Crippen MR) is 74.9 cm³/mol. The molecule has 0 radical (unpaired) electrons. The summed E-state index contributed by atoms with van der Waals surface area (Å²) in [5.74, 6) is 0.715. The number of hydrogen-bond donors (Lipinski definition) is 2. The molecule has 0 fully saturated rings. The maximum absolute atomic E-state index is 12.0. The Bertz CT molecular complexity index is 559. The standard InChI is InChI=1S/C15H18N2O2/c1-15(2,13-7-4-8-19-13)10-17-14(18)11-5-3-6-12(16)9-11/h3-9H,10,16H2,1-2H3,(H,17,18). The van der Waals surface area contributed by atoms with Gasteiger partial charge in [0.2, 0.25) is 0 Å². The van der Waals surface area contributed by atoms with Crippen molar-refractivity contribution in [1.29, 1.82) is 0 Å². The van der Waals surface area contributed by atoms with Gasteiger partial charge in [-0.3, -0.25) is 4.79 Å². The summed E-state index contributed by atoms with van der Waals surface area (Å²) in [6, 6.07) is 10.7. The molecule has 3 N–H and O–H groups in total. The molecule has 1 aromatic carbocycles. The predicted octanol–water partition coefficient (Wildman–Crippen LogP) is 2.57. The van der Waals surface area contributed by atoms with E-state index < -0.39 is 0 Å². The number of rotatable bonds is 4. The van der Waals surface area contributed by atoms with Crippen LogP contribution in [-0.4, -0.2) is 12.5 Å². The summed E-state index contributed by atoms with van der Waals surface area (Å²) in [5, 5.41) is 2.90. The fraction of sp³-hybridized carbons (Fsp3) is 0.267. The van der Waals surface area contributed by atoms with Crippen LogP contribution in [0.2, 0.25) is 0 Å². The van der Waals surface area contributed by atoms with Gasteiger partial charge in [-0.2, -0.15) is 0 Å². The van der Waals surface area contributed by atoms with Gasteiger partial charge in [0.1, 0.15) is 5.76 Å². The minimum atomic E-state index is -0.251. The average Bonchev–Trinajstić information content (AvgIpc) is 2.90. The number of nitrogens with one attached hydrogen (secondary N) is 1. The molecule has 1 aromatic heterocycles. The SMILES string of the molecule is CC(C)(CNC(=O)c1cccc(N)c1)c1ccco1. The Labute approximate surface area is 112 Å². The van der Waals surface area contributed by atoms with E-state index in [9.17, 15) is 4.79 Å². The maximum atomic E-state index is 12.0. The Morgan fingerprint density at radius 1 is 1.32 bits per heavy atom. The highest BCUT2D eigenvalue weighted by Gasteiger charge is 2.24. The molecule has 0 atom stereocenters. The van der Waals surface area contributed by atoms with Gasteiger partial charge in [0, 0.05) is 23.2 Å². The molecule has 100 valence electrons. The Morgan fingerprint density at radius 2 is 2.11 bits per heavy atom. The first-order valence-electron chi connectivity index (χ1n) is 6.17. The van der Waals surface area contributed by atoms with Crippen molar-refractivity contribution in [2.24, 2.45) is 0 Å². The van der Waals surface area contributed by atoms with Crippen LogP contribution < -0.4 is 11.1 Å². The van der Waals surface area contributed by atoms with Crippen molar-refractivity contribution in [3.8, 4) is 0 Å². The Balaban J connectivity index is 2.01. The lowest BCUT2D eigenvalue weighted by atomic mass is 9.90. The molecule has 0 saturated carbocycles. The van der Waals surface area contributed by atoms with Crippen LogP contribution in [0.1, 0.15) is 30.0 Å². The van der Waals surface area contributed by atoms with Crippen LogP contribution >= 0.6 is 0 Å². The molecule has 0 unspecified atom stereocenters. The summed E-state index contributed by atoms with van der Waals surface area (Å²) in [6.07, 6.45) is 1.64. The molecule has 4 heteroatoms. The van der Waals surface area contributed by atoms with Crippen LogP contribution in [0.25, 0.3) is 0 Å². The Hall–Kier alpha value is -2.23. The summed E-state index contributed by atoms with van der Waals surface area (Å²) in [7, 11) is 0. The van der Waals surface area contributed by atoms with Gasteiger partial charge in [0.05, 0.1) is 6.26 Å². The highest BCUT2D eigenvalue weighted by atomic mass is 16.3. The summed E-state index contributed by atoms with van der Waals surface area (Å²) in [6.45, 7) is 4.53. The number of furan rings is 1. The third kappa shape index (κ3) is 3.16. The number of nitrogens with two attached hydrogens (primary N) is 1. The van der Waals surface area contributed by atoms with Gasteiger partial charge in [-0.15, -0.1) is 0 Å². The molecule has 0 spiro atoms. The van der Waals surface area contributed by atoms with Crippen molar-refractivity contribution in [3.63, 3.8) is 0 Å². The smallest absolute Gasteiger partial charge is 0.251 e. The van der Waals surface area contributed by atoms with Crippen LogP contribution in [0, 0.1) is 0 Å². The normalized spacial score (nSPS) is 11.3. The molecule has 4 nitrogen and oxygen atoms in total. The summed E-state index contributed by atoms with van der Waals surface area (Å²) in [4.78, 5) is 12.0. The number of amides is 1. The third-order valence-corrected chi connectivity index (χ3v) is 3.03. The second-order valence-corrected chi connectivity index (χ2v) is 5.17. The molecule has 0 bridgehead atoms. The number of nitrogen functional groups attached to an aromatic ring is 1. The number of hydrogen-bond acceptors (Lipinski definition) is 3. The first-order chi connectivity index (χ1) is 8.99. The van der Waals surface area contributed by atoms with Gasteiger partial charge in [0.15, 0.2) is 0 Å². The van der Waals surface area contributed by atoms with Crippen molar-refractivity contribution >= 4 is 11.6 Å². The molecule has 1 heterocycles. The van der Waals surface area contributed by atoms with Crippen molar-refractivity contribution in [1.82, 2.24) is 5.32 Å². The monoisotopic (exact) mass is 258 g/mol. The van der Waals surface area contributed by atoms with Gasteiger partial charge in [-0.25, -0.2) is 0 Å². The zero-order valence-electron chi connectivity index (χ0n) is 11.1.